The zero-order chi connectivity index (χ0) is 13.1. The molecule has 7 heteroatoms. The molecule has 1 heterocycles. The van der Waals surface area contributed by atoms with Crippen molar-refractivity contribution in [2.24, 2.45) is 0 Å². The molecular weight excluding hydrogens is 310 g/mol. The van der Waals surface area contributed by atoms with Crippen LogP contribution >= 0.6 is 15.9 Å². The zero-order valence-corrected chi connectivity index (χ0v) is 11.5. The summed E-state index contributed by atoms with van der Waals surface area (Å²) in [6, 6.07) is 5.76. The molecule has 1 aromatic rings. The van der Waals surface area contributed by atoms with Gasteiger partial charge in [-0.3, -0.25) is 9.35 Å². The molecule has 94 valence electrons. The molecule has 17 heavy (non-hydrogen) atoms. The van der Waals surface area contributed by atoms with Crippen LogP contribution in [-0.2, 0) is 16.5 Å². The van der Waals surface area contributed by atoms with Crippen LogP contribution < -0.4 is 5.32 Å². The van der Waals surface area contributed by atoms with Crippen molar-refractivity contribution >= 4 is 32.0 Å². The normalized spacial score (nSPS) is 14.2. The first-order valence-corrected chi connectivity index (χ1v) is 7.40. The molecule has 0 unspecified atom stereocenters. The van der Waals surface area contributed by atoms with Gasteiger partial charge in [-0.1, -0.05) is 15.9 Å². The standard InChI is InChI=1S/C9H8BrNO.CH4O3S/c10-7-1-2-8-6(5-7)3-4-11-9(8)12;1-5(2,3)4/h1-2,5H,3-4H2,(H,11,12);1H3,(H,2,3,4). The topological polar surface area (TPSA) is 83.5 Å². The van der Waals surface area contributed by atoms with E-state index in [1.165, 1.54) is 0 Å². The smallest absolute Gasteiger partial charge is 0.261 e. The lowest BCUT2D eigenvalue weighted by Gasteiger charge is -2.15. The number of rotatable bonds is 0. The molecule has 2 N–H and O–H groups in total. The molecule has 2 rings (SSSR count). The Hall–Kier alpha value is -0.920. The number of carbonyl (C=O) groups excluding carboxylic acids is 1. The van der Waals surface area contributed by atoms with Gasteiger partial charge in [0.15, 0.2) is 0 Å². The Bertz CT molecular complexity index is 519. The van der Waals surface area contributed by atoms with E-state index in [9.17, 15) is 13.2 Å². The molecule has 0 saturated carbocycles. The molecule has 5 nitrogen and oxygen atoms in total. The van der Waals surface area contributed by atoms with Crippen LogP contribution in [0.3, 0.4) is 0 Å². The van der Waals surface area contributed by atoms with Crippen molar-refractivity contribution in [2.45, 2.75) is 6.42 Å². The van der Waals surface area contributed by atoms with Crippen molar-refractivity contribution in [3.63, 3.8) is 0 Å². The lowest BCUT2D eigenvalue weighted by Crippen LogP contribution is -2.31. The summed E-state index contributed by atoms with van der Waals surface area (Å²) in [6.45, 7) is 0.752. The summed E-state index contributed by atoms with van der Waals surface area (Å²) in [5, 5.41) is 2.80. The van der Waals surface area contributed by atoms with E-state index in [1.807, 2.05) is 18.2 Å². The van der Waals surface area contributed by atoms with E-state index in [-0.39, 0.29) is 5.91 Å². The van der Waals surface area contributed by atoms with Crippen LogP contribution in [0, 0.1) is 0 Å². The highest BCUT2D eigenvalue weighted by Crippen LogP contribution is 2.19. The fourth-order valence-corrected chi connectivity index (χ4v) is 1.81. The molecule has 0 aromatic heterocycles. The Kier molecular flexibility index (Phi) is 4.67. The monoisotopic (exact) mass is 321 g/mol. The van der Waals surface area contributed by atoms with Crippen molar-refractivity contribution < 1.29 is 17.8 Å². The van der Waals surface area contributed by atoms with E-state index in [0.29, 0.717) is 6.26 Å². The van der Waals surface area contributed by atoms with Gasteiger partial charge in [-0.2, -0.15) is 8.42 Å². The first-order valence-electron chi connectivity index (χ1n) is 4.76. The first-order chi connectivity index (χ1) is 7.77. The summed E-state index contributed by atoms with van der Waals surface area (Å²) in [7, 11) is -3.67. The van der Waals surface area contributed by atoms with Crippen LogP contribution in [0.25, 0.3) is 0 Å². The highest BCUT2D eigenvalue weighted by atomic mass is 79.9. The molecule has 1 aliphatic heterocycles. The minimum Gasteiger partial charge on any atom is -0.352 e. The van der Waals surface area contributed by atoms with E-state index < -0.39 is 10.1 Å². The molecule has 0 spiro atoms. The Morgan fingerprint density at radius 2 is 2.00 bits per heavy atom. The van der Waals surface area contributed by atoms with Gasteiger partial charge in [0.25, 0.3) is 16.0 Å². The number of nitrogens with one attached hydrogen (secondary N) is 1. The van der Waals surface area contributed by atoms with E-state index in [0.717, 1.165) is 28.6 Å². The molecule has 0 radical (unpaired) electrons. The summed E-state index contributed by atoms with van der Waals surface area (Å²) < 4.78 is 26.9. The van der Waals surface area contributed by atoms with Gasteiger partial charge in [-0.25, -0.2) is 0 Å². The molecule has 0 fully saturated rings. The summed E-state index contributed by atoms with van der Waals surface area (Å²) in [4.78, 5) is 11.3. The molecule has 1 aromatic carbocycles. The Labute approximate surface area is 108 Å². The van der Waals surface area contributed by atoms with Crippen molar-refractivity contribution in [3.8, 4) is 0 Å². The van der Waals surface area contributed by atoms with Crippen LogP contribution in [0.1, 0.15) is 15.9 Å². The van der Waals surface area contributed by atoms with Crippen molar-refractivity contribution in [1.29, 1.82) is 0 Å². The Balaban J connectivity index is 0.000000249. The largest absolute Gasteiger partial charge is 0.352 e. The fourth-order valence-electron chi connectivity index (χ4n) is 1.40. The molecule has 0 saturated heterocycles. The predicted molar refractivity (Wildman–Crippen MR) is 67.7 cm³/mol. The maximum Gasteiger partial charge on any atom is 0.261 e. The third-order valence-corrected chi connectivity index (χ3v) is 2.49. The molecular formula is C10H12BrNO4S. The molecule has 0 aliphatic carbocycles. The van der Waals surface area contributed by atoms with E-state index >= 15 is 0 Å². The van der Waals surface area contributed by atoms with Gasteiger partial charge in [0.1, 0.15) is 0 Å². The number of fused-ring (bicyclic) bond motifs is 1. The second-order valence-corrected chi connectivity index (χ2v) is 5.92. The van der Waals surface area contributed by atoms with Gasteiger partial charge in [0, 0.05) is 16.6 Å². The van der Waals surface area contributed by atoms with Crippen LogP contribution in [0.2, 0.25) is 0 Å². The van der Waals surface area contributed by atoms with Gasteiger partial charge in [0.2, 0.25) is 0 Å². The number of benzene rings is 1. The lowest BCUT2D eigenvalue weighted by atomic mass is 10.0. The maximum atomic E-state index is 11.3. The van der Waals surface area contributed by atoms with Gasteiger partial charge in [-0.05, 0) is 30.2 Å². The molecule has 0 atom stereocenters. The van der Waals surface area contributed by atoms with Gasteiger partial charge < -0.3 is 5.32 Å². The van der Waals surface area contributed by atoms with Crippen molar-refractivity contribution in [2.75, 3.05) is 12.8 Å². The van der Waals surface area contributed by atoms with Crippen LogP contribution in [0.5, 0.6) is 0 Å². The quantitative estimate of drug-likeness (QED) is 0.704. The van der Waals surface area contributed by atoms with Gasteiger partial charge in [-0.15, -0.1) is 0 Å². The zero-order valence-electron chi connectivity index (χ0n) is 9.10. The minimum atomic E-state index is -3.67. The third kappa shape index (κ3) is 5.29. The lowest BCUT2D eigenvalue weighted by molar-refractivity contribution is 0.0946. The van der Waals surface area contributed by atoms with Gasteiger partial charge in [0.05, 0.1) is 6.26 Å². The van der Waals surface area contributed by atoms with E-state index in [2.05, 4.69) is 21.2 Å². The number of amides is 1. The Morgan fingerprint density at radius 1 is 1.41 bits per heavy atom. The highest BCUT2D eigenvalue weighted by molar-refractivity contribution is 9.10. The van der Waals surface area contributed by atoms with Crippen LogP contribution in [0.4, 0.5) is 0 Å². The average Bonchev–Trinajstić information content (AvgIpc) is 2.14. The predicted octanol–water partition coefficient (Wildman–Crippen LogP) is 1.24. The third-order valence-electron chi connectivity index (χ3n) is 1.99. The van der Waals surface area contributed by atoms with E-state index in [1.54, 1.807) is 0 Å². The summed E-state index contributed by atoms with van der Waals surface area (Å²) in [5.74, 6) is 0.0451. The second-order valence-electron chi connectivity index (χ2n) is 3.54. The second kappa shape index (κ2) is 5.61. The van der Waals surface area contributed by atoms with Crippen molar-refractivity contribution in [1.82, 2.24) is 5.32 Å². The molecule has 0 bridgehead atoms. The molecule has 1 amide bonds. The summed E-state index contributed by atoms with van der Waals surface area (Å²) in [5.41, 5.74) is 1.94. The van der Waals surface area contributed by atoms with Crippen LogP contribution in [-0.4, -0.2) is 31.7 Å². The summed E-state index contributed by atoms with van der Waals surface area (Å²) >= 11 is 3.38. The first kappa shape index (κ1) is 14.1. The SMILES string of the molecule is CS(=O)(=O)O.O=C1NCCc2cc(Br)ccc21. The minimum absolute atomic E-state index is 0.0451. The highest BCUT2D eigenvalue weighted by Gasteiger charge is 2.15. The maximum absolute atomic E-state index is 11.3. The molecule has 1 aliphatic rings. The average molecular weight is 322 g/mol. The van der Waals surface area contributed by atoms with Crippen molar-refractivity contribution in [3.05, 3.63) is 33.8 Å². The van der Waals surface area contributed by atoms with Gasteiger partial charge >= 0.3 is 0 Å². The number of hydrogen-bond donors (Lipinski definition) is 2. The number of halogens is 1. The number of carbonyl (C=O) groups is 1. The number of hydrogen-bond acceptors (Lipinski definition) is 3. The van der Waals surface area contributed by atoms with E-state index in [4.69, 9.17) is 4.55 Å². The Morgan fingerprint density at radius 3 is 2.59 bits per heavy atom. The fraction of sp³-hybridized carbons (Fsp3) is 0.300. The summed E-state index contributed by atoms with van der Waals surface area (Å²) in [6.07, 6.45) is 1.65. The van der Waals surface area contributed by atoms with Crippen LogP contribution in [0.15, 0.2) is 22.7 Å².